The average Bonchev–Trinajstić information content (AvgIpc) is 2.77. The number of carbonyl (C=O) groups is 2. The van der Waals surface area contributed by atoms with Gasteiger partial charge in [-0.1, -0.05) is 6.92 Å². The maximum Gasteiger partial charge on any atom is 0.252 e. The highest BCUT2D eigenvalue weighted by molar-refractivity contribution is 6.04. The smallest absolute Gasteiger partial charge is 0.252 e. The third-order valence-corrected chi connectivity index (χ3v) is 3.50. The summed E-state index contributed by atoms with van der Waals surface area (Å²) in [5.74, 6) is 0.523. The van der Waals surface area contributed by atoms with Crippen LogP contribution in [0.5, 0.6) is 0 Å². The molecule has 19 heavy (non-hydrogen) atoms. The van der Waals surface area contributed by atoms with Crippen LogP contribution in [-0.4, -0.2) is 29.8 Å². The number of Topliss-reactive ketones (excluding diaryl/α,β-unsaturated/α-hetero) is 1. The summed E-state index contributed by atoms with van der Waals surface area (Å²) in [5, 5.41) is 2.75. The zero-order chi connectivity index (χ0) is 14.2. The van der Waals surface area contributed by atoms with Crippen LogP contribution in [0.3, 0.4) is 0 Å². The van der Waals surface area contributed by atoms with Crippen LogP contribution in [0.2, 0.25) is 0 Å². The van der Waals surface area contributed by atoms with Crippen molar-refractivity contribution in [1.82, 2.24) is 10.3 Å². The predicted molar refractivity (Wildman–Crippen MR) is 73.6 cm³/mol. The van der Waals surface area contributed by atoms with E-state index in [4.69, 9.17) is 0 Å². The van der Waals surface area contributed by atoms with E-state index in [1.165, 1.54) is 0 Å². The Kier molecular flexibility index (Phi) is 3.55. The van der Waals surface area contributed by atoms with E-state index in [9.17, 15) is 9.59 Å². The molecule has 102 valence electrons. The first-order chi connectivity index (χ1) is 8.95. The molecule has 0 aromatic carbocycles. The van der Waals surface area contributed by atoms with E-state index < -0.39 is 0 Å². The average molecular weight is 261 g/mol. The van der Waals surface area contributed by atoms with Gasteiger partial charge in [0, 0.05) is 31.6 Å². The molecule has 5 heteroatoms. The molecule has 1 aromatic rings. The van der Waals surface area contributed by atoms with Crippen LogP contribution in [0.25, 0.3) is 0 Å². The van der Waals surface area contributed by atoms with Crippen molar-refractivity contribution in [2.45, 2.75) is 39.8 Å². The molecule has 0 atom stereocenters. The number of hydrogen-bond donors (Lipinski definition) is 1. The molecule has 0 saturated carbocycles. The van der Waals surface area contributed by atoms with E-state index in [2.05, 4.69) is 10.3 Å². The van der Waals surface area contributed by atoms with Gasteiger partial charge in [-0.15, -0.1) is 0 Å². The lowest BCUT2D eigenvalue weighted by atomic mass is 10.0. The van der Waals surface area contributed by atoms with Crippen molar-refractivity contribution >= 4 is 17.5 Å². The third-order valence-electron chi connectivity index (χ3n) is 3.50. The molecular weight excluding hydrogens is 242 g/mol. The highest BCUT2D eigenvalue weighted by Gasteiger charge is 2.27. The molecule has 5 nitrogen and oxygen atoms in total. The minimum absolute atomic E-state index is 0.0215. The molecule has 0 unspecified atom stereocenters. The third kappa shape index (κ3) is 2.32. The Morgan fingerprint density at radius 3 is 2.79 bits per heavy atom. The molecule has 2 rings (SSSR count). The number of anilines is 1. The summed E-state index contributed by atoms with van der Waals surface area (Å²) in [4.78, 5) is 30.2. The zero-order valence-electron chi connectivity index (χ0n) is 11.8. The van der Waals surface area contributed by atoms with E-state index in [1.54, 1.807) is 13.0 Å². The van der Waals surface area contributed by atoms with Crippen LogP contribution in [0.15, 0.2) is 6.07 Å². The molecule has 0 fully saturated rings. The van der Waals surface area contributed by atoms with Crippen molar-refractivity contribution in [1.29, 1.82) is 0 Å². The fourth-order valence-electron chi connectivity index (χ4n) is 2.05. The fourth-order valence-corrected chi connectivity index (χ4v) is 2.05. The number of ketones is 1. The summed E-state index contributed by atoms with van der Waals surface area (Å²) < 4.78 is 0. The number of nitrogens with zero attached hydrogens (tertiary/aromatic N) is 2. The quantitative estimate of drug-likeness (QED) is 0.839. The van der Waals surface area contributed by atoms with Gasteiger partial charge in [0.15, 0.2) is 5.78 Å². The van der Waals surface area contributed by atoms with Crippen molar-refractivity contribution in [2.75, 3.05) is 11.9 Å². The summed E-state index contributed by atoms with van der Waals surface area (Å²) in [6, 6.07) is 2.02. The Labute approximate surface area is 113 Å². The number of fused-ring (bicyclic) bond motifs is 1. The van der Waals surface area contributed by atoms with E-state index in [1.807, 2.05) is 25.8 Å². The number of aromatic nitrogens is 1. The normalized spacial score (nSPS) is 13.4. The maximum atomic E-state index is 12.0. The van der Waals surface area contributed by atoms with Gasteiger partial charge < -0.3 is 10.2 Å². The van der Waals surface area contributed by atoms with Gasteiger partial charge >= 0.3 is 0 Å². The number of amides is 1. The molecule has 1 aliphatic rings. The molecule has 0 bridgehead atoms. The molecule has 0 radical (unpaired) electrons. The summed E-state index contributed by atoms with van der Waals surface area (Å²) in [5.41, 5.74) is 1.74. The Bertz CT molecular complexity index is 538. The van der Waals surface area contributed by atoms with Gasteiger partial charge in [0.1, 0.15) is 11.5 Å². The minimum atomic E-state index is -0.124. The largest absolute Gasteiger partial charge is 0.357 e. The van der Waals surface area contributed by atoms with Crippen molar-refractivity contribution in [3.05, 3.63) is 22.9 Å². The monoisotopic (exact) mass is 261 g/mol. The van der Waals surface area contributed by atoms with Crippen molar-refractivity contribution in [2.24, 2.45) is 0 Å². The molecule has 0 spiro atoms. The second-order valence-corrected chi connectivity index (χ2v) is 5.02. The van der Waals surface area contributed by atoms with Gasteiger partial charge in [0.05, 0.1) is 5.56 Å². The first kappa shape index (κ1) is 13.5. The molecule has 1 N–H and O–H groups in total. The van der Waals surface area contributed by atoms with Gasteiger partial charge in [-0.25, -0.2) is 4.98 Å². The highest BCUT2D eigenvalue weighted by Crippen LogP contribution is 2.25. The van der Waals surface area contributed by atoms with Crippen LogP contribution >= 0.6 is 0 Å². The van der Waals surface area contributed by atoms with Crippen LogP contribution in [-0.2, 0) is 6.54 Å². The van der Waals surface area contributed by atoms with E-state index >= 15 is 0 Å². The molecule has 0 saturated heterocycles. The van der Waals surface area contributed by atoms with Crippen LogP contribution in [0.1, 0.15) is 53.6 Å². The summed E-state index contributed by atoms with van der Waals surface area (Å²) in [6.45, 7) is 6.28. The highest BCUT2D eigenvalue weighted by atomic mass is 16.2. The molecule has 1 aliphatic heterocycles. The van der Waals surface area contributed by atoms with Crippen molar-refractivity contribution < 1.29 is 9.59 Å². The number of rotatable bonds is 4. The topological polar surface area (TPSA) is 62.3 Å². The fraction of sp³-hybridized carbons (Fsp3) is 0.500. The van der Waals surface area contributed by atoms with Gasteiger partial charge in [-0.2, -0.15) is 0 Å². The molecule has 1 amide bonds. The molecular formula is C14H19N3O2. The zero-order valence-corrected chi connectivity index (χ0v) is 11.8. The molecule has 1 aromatic heterocycles. The Morgan fingerprint density at radius 2 is 2.21 bits per heavy atom. The first-order valence-electron chi connectivity index (χ1n) is 6.53. The maximum absolute atomic E-state index is 12.0. The lowest BCUT2D eigenvalue weighted by Crippen LogP contribution is -2.27. The Balaban J connectivity index is 2.57. The lowest BCUT2D eigenvalue weighted by molar-refractivity contribution is 0.0963. The van der Waals surface area contributed by atoms with E-state index in [-0.39, 0.29) is 17.7 Å². The summed E-state index contributed by atoms with van der Waals surface area (Å²) in [7, 11) is 1.91. The second-order valence-electron chi connectivity index (χ2n) is 5.02. The van der Waals surface area contributed by atoms with Crippen LogP contribution in [0, 0.1) is 0 Å². The van der Waals surface area contributed by atoms with E-state index in [0.717, 1.165) is 5.56 Å². The summed E-state index contributed by atoms with van der Waals surface area (Å²) in [6.07, 6.45) is 0.391. The van der Waals surface area contributed by atoms with Crippen LogP contribution in [0.4, 0.5) is 5.82 Å². The minimum Gasteiger partial charge on any atom is -0.357 e. The van der Waals surface area contributed by atoms with E-state index in [0.29, 0.717) is 30.0 Å². The Hall–Kier alpha value is -1.91. The number of nitrogens with one attached hydrogen (secondary N) is 1. The summed E-state index contributed by atoms with van der Waals surface area (Å²) >= 11 is 0. The standard InChI is InChI=1S/C14H19N3O2/c1-5-11(18)13-10-7-15-14(19)9(10)6-12(16-13)17(4)8(2)3/h6,8H,5,7H2,1-4H3,(H,15,19). The lowest BCUT2D eigenvalue weighted by Gasteiger charge is -2.23. The van der Waals surface area contributed by atoms with Gasteiger partial charge in [0.2, 0.25) is 0 Å². The SMILES string of the molecule is CCC(=O)c1nc(N(C)C(C)C)cc2c1CNC2=O. The molecule has 2 heterocycles. The first-order valence-corrected chi connectivity index (χ1v) is 6.53. The Morgan fingerprint density at radius 1 is 1.53 bits per heavy atom. The van der Waals surface area contributed by atoms with Gasteiger partial charge in [-0.3, -0.25) is 9.59 Å². The predicted octanol–water partition coefficient (Wildman–Crippen LogP) is 1.76. The van der Waals surface area contributed by atoms with Crippen molar-refractivity contribution in [3.8, 4) is 0 Å². The molecule has 0 aliphatic carbocycles. The number of hydrogen-bond acceptors (Lipinski definition) is 4. The second kappa shape index (κ2) is 4.99. The number of pyridine rings is 1. The van der Waals surface area contributed by atoms with Gasteiger partial charge in [-0.05, 0) is 19.9 Å². The van der Waals surface area contributed by atoms with Gasteiger partial charge in [0.25, 0.3) is 5.91 Å². The number of carbonyl (C=O) groups excluding carboxylic acids is 2. The van der Waals surface area contributed by atoms with Crippen LogP contribution < -0.4 is 10.2 Å². The van der Waals surface area contributed by atoms with Crippen molar-refractivity contribution in [3.63, 3.8) is 0 Å².